The third-order valence-electron chi connectivity index (χ3n) is 5.06. The van der Waals surface area contributed by atoms with E-state index in [1.165, 1.54) is 0 Å². The summed E-state index contributed by atoms with van der Waals surface area (Å²) < 4.78 is 1.93. The number of rotatable bonds is 5. The Labute approximate surface area is 203 Å². The highest BCUT2D eigenvalue weighted by atomic mass is 35.5. The van der Waals surface area contributed by atoms with Gasteiger partial charge in [0.05, 0.1) is 10.2 Å². The molecule has 0 radical (unpaired) electrons. The summed E-state index contributed by atoms with van der Waals surface area (Å²) in [6, 6.07) is 24.9. The molecule has 1 heterocycles. The molecule has 4 aromatic carbocycles. The monoisotopic (exact) mass is 494 g/mol. The lowest BCUT2D eigenvalue weighted by atomic mass is 10.0. The molecule has 5 rings (SSSR count). The van der Waals surface area contributed by atoms with E-state index in [-0.39, 0.29) is 5.91 Å². The van der Waals surface area contributed by atoms with Gasteiger partial charge in [-0.3, -0.25) is 4.79 Å². The lowest BCUT2D eigenvalue weighted by Gasteiger charge is -2.08. The van der Waals surface area contributed by atoms with E-state index < -0.39 is 0 Å². The van der Waals surface area contributed by atoms with Gasteiger partial charge in [0.15, 0.2) is 4.34 Å². The number of thioether (sulfide) groups is 1. The highest BCUT2D eigenvalue weighted by molar-refractivity contribution is 8.00. The summed E-state index contributed by atoms with van der Waals surface area (Å²) in [6.07, 6.45) is 0. The Morgan fingerprint density at radius 1 is 0.938 bits per heavy atom. The van der Waals surface area contributed by atoms with Crippen LogP contribution >= 0.6 is 46.3 Å². The Bertz CT molecular complexity index is 1440. The van der Waals surface area contributed by atoms with Gasteiger partial charge in [-0.1, -0.05) is 77.4 Å². The number of hydrogen-bond acceptors (Lipinski definition) is 4. The molecule has 158 valence electrons. The maximum atomic E-state index is 12.9. The summed E-state index contributed by atoms with van der Waals surface area (Å²) in [5.74, 6) is 0.511. The SMILES string of the molecule is O=C(Nc1ccc2nc(SCc3c(Cl)cccc3Cl)sc2c1)c1cccc2ccccc12. The lowest BCUT2D eigenvalue weighted by Crippen LogP contribution is -2.12. The summed E-state index contributed by atoms with van der Waals surface area (Å²) in [7, 11) is 0. The minimum absolute atomic E-state index is 0.131. The molecule has 0 fully saturated rings. The number of amides is 1. The third kappa shape index (κ3) is 4.34. The third-order valence-corrected chi connectivity index (χ3v) is 7.96. The summed E-state index contributed by atoms with van der Waals surface area (Å²) in [5.41, 5.74) is 3.19. The minimum Gasteiger partial charge on any atom is -0.322 e. The Morgan fingerprint density at radius 3 is 2.53 bits per heavy atom. The second-order valence-electron chi connectivity index (χ2n) is 7.13. The molecule has 0 aliphatic heterocycles. The molecule has 7 heteroatoms. The molecule has 1 amide bonds. The number of aromatic nitrogens is 1. The zero-order valence-electron chi connectivity index (χ0n) is 16.6. The first kappa shape index (κ1) is 21.3. The largest absolute Gasteiger partial charge is 0.322 e. The fourth-order valence-electron chi connectivity index (χ4n) is 3.47. The highest BCUT2D eigenvalue weighted by Gasteiger charge is 2.12. The number of carbonyl (C=O) groups excluding carboxylic acids is 1. The molecule has 0 saturated carbocycles. The van der Waals surface area contributed by atoms with E-state index >= 15 is 0 Å². The van der Waals surface area contributed by atoms with Crippen molar-refractivity contribution >= 4 is 78.9 Å². The van der Waals surface area contributed by atoms with Crippen LogP contribution in [0.2, 0.25) is 10.0 Å². The predicted octanol–water partition coefficient (Wildman–Crippen LogP) is 8.30. The van der Waals surface area contributed by atoms with Crippen LogP contribution in [0.1, 0.15) is 15.9 Å². The molecule has 0 aliphatic carbocycles. The molecule has 32 heavy (non-hydrogen) atoms. The van der Waals surface area contributed by atoms with Gasteiger partial charge < -0.3 is 5.32 Å². The number of nitrogens with zero attached hydrogens (tertiary/aromatic N) is 1. The van der Waals surface area contributed by atoms with Crippen molar-refractivity contribution in [3.63, 3.8) is 0 Å². The van der Waals surface area contributed by atoms with Gasteiger partial charge in [0, 0.05) is 27.0 Å². The first-order chi connectivity index (χ1) is 15.6. The van der Waals surface area contributed by atoms with E-state index in [9.17, 15) is 4.79 Å². The van der Waals surface area contributed by atoms with E-state index in [1.807, 2.05) is 78.9 Å². The van der Waals surface area contributed by atoms with Crippen molar-refractivity contribution in [3.05, 3.63) is 100 Å². The molecule has 5 aromatic rings. The predicted molar refractivity (Wildman–Crippen MR) is 138 cm³/mol. The number of halogens is 2. The average molecular weight is 495 g/mol. The van der Waals surface area contributed by atoms with Crippen molar-refractivity contribution in [2.75, 3.05) is 5.32 Å². The average Bonchev–Trinajstić information content (AvgIpc) is 3.20. The molecule has 1 N–H and O–H groups in total. The van der Waals surface area contributed by atoms with Crippen LogP contribution in [0.3, 0.4) is 0 Å². The molecule has 0 bridgehead atoms. The van der Waals surface area contributed by atoms with Crippen molar-refractivity contribution in [3.8, 4) is 0 Å². The van der Waals surface area contributed by atoms with Gasteiger partial charge in [-0.15, -0.1) is 11.3 Å². The topological polar surface area (TPSA) is 42.0 Å². The van der Waals surface area contributed by atoms with Crippen LogP contribution in [0.25, 0.3) is 21.0 Å². The van der Waals surface area contributed by atoms with Gasteiger partial charge in [-0.2, -0.15) is 0 Å². The van der Waals surface area contributed by atoms with Gasteiger partial charge in [0.25, 0.3) is 5.91 Å². The minimum atomic E-state index is -0.131. The van der Waals surface area contributed by atoms with Crippen molar-refractivity contribution in [1.82, 2.24) is 4.98 Å². The molecule has 0 saturated heterocycles. The van der Waals surface area contributed by atoms with Crippen LogP contribution in [0.4, 0.5) is 5.69 Å². The molecular weight excluding hydrogens is 479 g/mol. The maximum Gasteiger partial charge on any atom is 0.256 e. The summed E-state index contributed by atoms with van der Waals surface area (Å²) >= 11 is 15.7. The van der Waals surface area contributed by atoms with Crippen LogP contribution in [0.5, 0.6) is 0 Å². The quantitative estimate of drug-likeness (QED) is 0.249. The van der Waals surface area contributed by atoms with Gasteiger partial charge in [0.2, 0.25) is 0 Å². The molecule has 1 aromatic heterocycles. The van der Waals surface area contributed by atoms with Crippen LogP contribution in [0.15, 0.2) is 83.2 Å². The van der Waals surface area contributed by atoms with Crippen molar-refractivity contribution in [1.29, 1.82) is 0 Å². The van der Waals surface area contributed by atoms with E-state index in [4.69, 9.17) is 23.2 Å². The first-order valence-corrected chi connectivity index (χ1v) is 12.4. The van der Waals surface area contributed by atoms with Crippen LogP contribution in [0, 0.1) is 0 Å². The Hall–Kier alpha value is -2.57. The van der Waals surface area contributed by atoms with Crippen molar-refractivity contribution in [2.45, 2.75) is 10.1 Å². The van der Waals surface area contributed by atoms with E-state index in [0.29, 0.717) is 21.4 Å². The van der Waals surface area contributed by atoms with Crippen molar-refractivity contribution < 1.29 is 4.79 Å². The fraction of sp³-hybridized carbons (Fsp3) is 0.0400. The molecule has 0 aliphatic rings. The normalized spacial score (nSPS) is 11.2. The zero-order valence-corrected chi connectivity index (χ0v) is 19.8. The summed E-state index contributed by atoms with van der Waals surface area (Å²) in [4.78, 5) is 17.6. The smallest absolute Gasteiger partial charge is 0.256 e. The zero-order chi connectivity index (χ0) is 22.1. The van der Waals surface area contributed by atoms with E-state index in [2.05, 4.69) is 10.3 Å². The van der Waals surface area contributed by atoms with Crippen LogP contribution in [-0.2, 0) is 5.75 Å². The number of carbonyl (C=O) groups is 1. The number of fused-ring (bicyclic) bond motifs is 2. The van der Waals surface area contributed by atoms with Crippen LogP contribution in [-0.4, -0.2) is 10.9 Å². The lowest BCUT2D eigenvalue weighted by molar-refractivity contribution is 0.102. The number of thiazole rings is 1. The van der Waals surface area contributed by atoms with E-state index in [1.54, 1.807) is 23.1 Å². The van der Waals surface area contributed by atoms with E-state index in [0.717, 1.165) is 36.6 Å². The second kappa shape index (κ2) is 9.12. The Morgan fingerprint density at radius 2 is 1.69 bits per heavy atom. The van der Waals surface area contributed by atoms with Gasteiger partial charge in [0.1, 0.15) is 0 Å². The van der Waals surface area contributed by atoms with Gasteiger partial charge >= 0.3 is 0 Å². The Balaban J connectivity index is 1.35. The number of hydrogen-bond donors (Lipinski definition) is 1. The summed E-state index contributed by atoms with van der Waals surface area (Å²) in [6.45, 7) is 0. The van der Waals surface area contributed by atoms with Crippen LogP contribution < -0.4 is 5.32 Å². The molecular formula is C25H16Cl2N2OS2. The second-order valence-corrected chi connectivity index (χ2v) is 10.2. The number of anilines is 1. The maximum absolute atomic E-state index is 12.9. The van der Waals surface area contributed by atoms with Crippen molar-refractivity contribution in [2.24, 2.45) is 0 Å². The highest BCUT2D eigenvalue weighted by Crippen LogP contribution is 2.36. The summed E-state index contributed by atoms with van der Waals surface area (Å²) in [5, 5.41) is 6.31. The number of nitrogens with one attached hydrogen (secondary N) is 1. The number of benzene rings is 4. The standard InChI is InChI=1S/C25H16Cl2N2OS2/c26-20-9-4-10-21(27)19(20)14-31-25-29-22-12-11-16(13-23(22)32-25)28-24(30)18-8-3-6-15-5-1-2-7-17(15)18/h1-13H,14H2,(H,28,30). The molecule has 0 atom stereocenters. The molecule has 0 spiro atoms. The molecule has 0 unspecified atom stereocenters. The molecule has 3 nitrogen and oxygen atoms in total. The fourth-order valence-corrected chi connectivity index (χ4v) is 6.32. The Kier molecular flexibility index (Phi) is 6.07. The van der Waals surface area contributed by atoms with Gasteiger partial charge in [-0.25, -0.2) is 4.98 Å². The van der Waals surface area contributed by atoms with Gasteiger partial charge in [-0.05, 0) is 52.7 Å². The first-order valence-electron chi connectivity index (χ1n) is 9.84.